The Kier molecular flexibility index (Phi) is 5.03. The van der Waals surface area contributed by atoms with Crippen molar-refractivity contribution in [2.24, 2.45) is 0 Å². The number of piperidine rings is 1. The van der Waals surface area contributed by atoms with E-state index in [9.17, 15) is 4.79 Å². The lowest BCUT2D eigenvalue weighted by Crippen LogP contribution is -2.44. The molecule has 5 nitrogen and oxygen atoms in total. The number of benzene rings is 1. The minimum absolute atomic E-state index is 0.135. The van der Waals surface area contributed by atoms with E-state index in [-0.39, 0.29) is 5.78 Å². The summed E-state index contributed by atoms with van der Waals surface area (Å²) in [5.74, 6) is 0.689. The van der Waals surface area contributed by atoms with Gasteiger partial charge < -0.3 is 10.2 Å². The standard InChI is InChI=1S/C22H28N4OS/c1-14-24-25-22(28-14)13-21(27)16-4-2-3-15(11-16)19-12-20(19)23-17-7-9-26(10-8-17)18-5-6-18/h2-4,11,17-20,23H,5-10,12-13H2,1H3. The third kappa shape index (κ3) is 4.19. The summed E-state index contributed by atoms with van der Waals surface area (Å²) in [6.07, 6.45) is 6.92. The van der Waals surface area contributed by atoms with E-state index in [1.807, 2.05) is 19.1 Å². The molecule has 2 saturated carbocycles. The van der Waals surface area contributed by atoms with Crippen LogP contribution in [0.2, 0.25) is 0 Å². The van der Waals surface area contributed by atoms with Gasteiger partial charge in [0.15, 0.2) is 5.78 Å². The molecule has 6 heteroatoms. The summed E-state index contributed by atoms with van der Waals surface area (Å²) in [5, 5.41) is 13.7. The Labute approximate surface area is 170 Å². The molecule has 1 aromatic carbocycles. The largest absolute Gasteiger partial charge is 0.311 e. The van der Waals surface area contributed by atoms with Gasteiger partial charge in [-0.1, -0.05) is 18.2 Å². The summed E-state index contributed by atoms with van der Waals surface area (Å²) in [4.78, 5) is 15.3. The van der Waals surface area contributed by atoms with E-state index in [0.29, 0.717) is 24.4 Å². The molecule has 0 radical (unpaired) electrons. The van der Waals surface area contributed by atoms with Crippen molar-refractivity contribution in [3.05, 3.63) is 45.4 Å². The van der Waals surface area contributed by atoms with Crippen LogP contribution in [0.25, 0.3) is 0 Å². The average molecular weight is 397 g/mol. The molecule has 2 heterocycles. The smallest absolute Gasteiger partial charge is 0.169 e. The number of Topliss-reactive ketones (excluding diaryl/α,β-unsaturated/α-hetero) is 1. The molecule has 1 aliphatic heterocycles. The molecule has 1 saturated heterocycles. The Balaban J connectivity index is 1.15. The first-order chi connectivity index (χ1) is 13.7. The Morgan fingerprint density at radius 3 is 2.75 bits per heavy atom. The number of aryl methyl sites for hydroxylation is 1. The van der Waals surface area contributed by atoms with Gasteiger partial charge in [-0.2, -0.15) is 0 Å². The maximum absolute atomic E-state index is 12.6. The highest BCUT2D eigenvalue weighted by Gasteiger charge is 2.40. The highest BCUT2D eigenvalue weighted by Crippen LogP contribution is 2.42. The van der Waals surface area contributed by atoms with Crippen molar-refractivity contribution in [1.29, 1.82) is 0 Å². The topological polar surface area (TPSA) is 58.1 Å². The molecule has 5 rings (SSSR count). The zero-order valence-corrected chi connectivity index (χ0v) is 17.3. The van der Waals surface area contributed by atoms with Crippen molar-refractivity contribution in [2.45, 2.75) is 69.5 Å². The third-order valence-corrected chi connectivity index (χ3v) is 7.19. The zero-order valence-electron chi connectivity index (χ0n) is 16.4. The maximum Gasteiger partial charge on any atom is 0.169 e. The van der Waals surface area contributed by atoms with Crippen LogP contribution >= 0.6 is 11.3 Å². The fraction of sp³-hybridized carbons (Fsp3) is 0.591. The van der Waals surface area contributed by atoms with E-state index < -0.39 is 0 Å². The van der Waals surface area contributed by atoms with Crippen LogP contribution in [0.15, 0.2) is 24.3 Å². The van der Waals surface area contributed by atoms with E-state index >= 15 is 0 Å². The van der Waals surface area contributed by atoms with E-state index in [2.05, 4.69) is 32.5 Å². The van der Waals surface area contributed by atoms with E-state index in [0.717, 1.165) is 21.6 Å². The number of carbonyl (C=O) groups is 1. The molecule has 2 aliphatic carbocycles. The number of nitrogens with one attached hydrogen (secondary N) is 1. The van der Waals surface area contributed by atoms with Crippen LogP contribution in [0.1, 0.15) is 64.0 Å². The van der Waals surface area contributed by atoms with Gasteiger partial charge in [-0.3, -0.25) is 4.79 Å². The number of likely N-dealkylation sites (tertiary alicyclic amines) is 1. The molecule has 1 N–H and O–H groups in total. The Morgan fingerprint density at radius 2 is 2.04 bits per heavy atom. The minimum Gasteiger partial charge on any atom is -0.311 e. The molecule has 0 amide bonds. The number of aromatic nitrogens is 2. The molecular formula is C22H28N4OS. The van der Waals surface area contributed by atoms with Gasteiger partial charge in [-0.15, -0.1) is 21.5 Å². The number of hydrogen-bond acceptors (Lipinski definition) is 6. The molecule has 28 heavy (non-hydrogen) atoms. The predicted molar refractivity (Wildman–Crippen MR) is 111 cm³/mol. The Morgan fingerprint density at radius 1 is 1.21 bits per heavy atom. The summed E-state index contributed by atoms with van der Waals surface area (Å²) in [6, 6.07) is 10.4. The number of nitrogens with zero attached hydrogens (tertiary/aromatic N) is 3. The fourth-order valence-corrected chi connectivity index (χ4v) is 5.22. The Hall–Kier alpha value is -1.63. The maximum atomic E-state index is 12.6. The second-order valence-electron chi connectivity index (χ2n) is 8.60. The van der Waals surface area contributed by atoms with Crippen LogP contribution < -0.4 is 5.32 Å². The summed E-state index contributed by atoms with van der Waals surface area (Å²) in [7, 11) is 0. The monoisotopic (exact) mass is 396 g/mol. The zero-order chi connectivity index (χ0) is 19.1. The van der Waals surface area contributed by atoms with E-state index in [1.54, 1.807) is 0 Å². The van der Waals surface area contributed by atoms with Crippen molar-refractivity contribution < 1.29 is 4.79 Å². The third-order valence-electron chi connectivity index (χ3n) is 6.35. The van der Waals surface area contributed by atoms with E-state index in [4.69, 9.17) is 0 Å². The molecule has 0 bridgehead atoms. The first-order valence-corrected chi connectivity index (χ1v) is 11.4. The first kappa shape index (κ1) is 18.4. The lowest BCUT2D eigenvalue weighted by molar-refractivity contribution is 0.0992. The number of hydrogen-bond donors (Lipinski definition) is 1. The van der Waals surface area contributed by atoms with Crippen molar-refractivity contribution in [1.82, 2.24) is 20.4 Å². The van der Waals surface area contributed by atoms with Crippen molar-refractivity contribution >= 4 is 17.1 Å². The number of rotatable bonds is 7. The molecule has 148 valence electrons. The summed E-state index contributed by atoms with van der Waals surface area (Å²) in [6.45, 7) is 4.44. The molecular weight excluding hydrogens is 368 g/mol. The second-order valence-corrected chi connectivity index (χ2v) is 9.86. The molecule has 2 unspecified atom stereocenters. The van der Waals surface area contributed by atoms with Crippen LogP contribution in [-0.2, 0) is 6.42 Å². The van der Waals surface area contributed by atoms with Gasteiger partial charge in [-0.05, 0) is 63.7 Å². The number of ketones is 1. The second kappa shape index (κ2) is 7.65. The van der Waals surface area contributed by atoms with Crippen molar-refractivity contribution in [3.8, 4) is 0 Å². The quantitative estimate of drug-likeness (QED) is 0.728. The average Bonchev–Trinajstić information content (AvgIpc) is 3.63. The van der Waals surface area contributed by atoms with Crippen LogP contribution in [0, 0.1) is 6.92 Å². The van der Waals surface area contributed by atoms with Gasteiger partial charge in [0.25, 0.3) is 0 Å². The summed E-state index contributed by atoms with van der Waals surface area (Å²) in [5.41, 5.74) is 2.10. The Bertz CT molecular complexity index is 854. The van der Waals surface area contributed by atoms with Gasteiger partial charge in [-0.25, -0.2) is 0 Å². The van der Waals surface area contributed by atoms with Crippen LogP contribution in [0.4, 0.5) is 0 Å². The van der Waals surface area contributed by atoms with Crippen LogP contribution in [-0.4, -0.2) is 52.1 Å². The molecule has 1 aromatic heterocycles. The highest BCUT2D eigenvalue weighted by molar-refractivity contribution is 7.11. The van der Waals surface area contributed by atoms with Gasteiger partial charge in [0.05, 0.1) is 6.42 Å². The van der Waals surface area contributed by atoms with E-state index in [1.165, 1.54) is 62.1 Å². The molecule has 2 atom stereocenters. The van der Waals surface area contributed by atoms with Gasteiger partial charge in [0.2, 0.25) is 0 Å². The molecule has 0 spiro atoms. The minimum atomic E-state index is 0.135. The normalized spacial score (nSPS) is 25.8. The molecule has 3 fully saturated rings. The molecule has 3 aliphatic rings. The fourth-order valence-electron chi connectivity index (χ4n) is 4.51. The lowest BCUT2D eigenvalue weighted by Gasteiger charge is -2.32. The SMILES string of the molecule is Cc1nnc(CC(=O)c2cccc(C3CC3NC3CCN(C4CC4)CC3)c2)s1. The van der Waals surface area contributed by atoms with Crippen molar-refractivity contribution in [2.75, 3.05) is 13.1 Å². The lowest BCUT2D eigenvalue weighted by atomic mass is 10.0. The van der Waals surface area contributed by atoms with Crippen molar-refractivity contribution in [3.63, 3.8) is 0 Å². The van der Waals surface area contributed by atoms with Crippen LogP contribution in [0.5, 0.6) is 0 Å². The number of carbonyl (C=O) groups excluding carboxylic acids is 1. The first-order valence-electron chi connectivity index (χ1n) is 10.6. The van der Waals surface area contributed by atoms with Crippen LogP contribution in [0.3, 0.4) is 0 Å². The molecule has 2 aromatic rings. The summed E-state index contributed by atoms with van der Waals surface area (Å²) >= 11 is 1.50. The summed E-state index contributed by atoms with van der Waals surface area (Å²) < 4.78 is 0. The van der Waals surface area contributed by atoms with Gasteiger partial charge in [0.1, 0.15) is 10.0 Å². The van der Waals surface area contributed by atoms with Gasteiger partial charge >= 0.3 is 0 Å². The predicted octanol–water partition coefficient (Wildman–Crippen LogP) is 3.34. The highest BCUT2D eigenvalue weighted by atomic mass is 32.1. The van der Waals surface area contributed by atoms with Gasteiger partial charge in [0, 0.05) is 29.6 Å².